The number of hydrogen-bond acceptors (Lipinski definition) is 5. The highest BCUT2D eigenvalue weighted by atomic mass is 32.2. The lowest BCUT2D eigenvalue weighted by atomic mass is 10.1. The number of nitrogens with one attached hydrogen (secondary N) is 1. The van der Waals surface area contributed by atoms with Crippen molar-refractivity contribution in [3.05, 3.63) is 69.9 Å². The van der Waals surface area contributed by atoms with Crippen molar-refractivity contribution in [2.75, 3.05) is 11.9 Å². The van der Waals surface area contributed by atoms with Crippen LogP contribution in [0.5, 0.6) is 0 Å². The molecule has 1 saturated heterocycles. The Balaban J connectivity index is 1.71. The summed E-state index contributed by atoms with van der Waals surface area (Å²) in [6.45, 7) is -0.765. The number of carbonyl (C=O) groups excluding carboxylic acids is 3. The van der Waals surface area contributed by atoms with Gasteiger partial charge in [-0.1, -0.05) is 12.1 Å². The number of carboxylic acid groups (broad SMARTS) is 1. The molecule has 0 atom stereocenters. The summed E-state index contributed by atoms with van der Waals surface area (Å²) in [5.41, 5.74) is -0.139. The highest BCUT2D eigenvalue weighted by molar-refractivity contribution is 8.18. The summed E-state index contributed by atoms with van der Waals surface area (Å²) >= 11 is 0.562. The molecule has 2 aromatic carbocycles. The fourth-order valence-electron chi connectivity index (χ4n) is 2.47. The number of imide groups is 1. The summed E-state index contributed by atoms with van der Waals surface area (Å²) in [4.78, 5) is 48.0. The molecular formula is C19H11F3N2O5S. The van der Waals surface area contributed by atoms with Gasteiger partial charge in [0.15, 0.2) is 17.5 Å². The second kappa shape index (κ2) is 8.41. The van der Waals surface area contributed by atoms with Crippen LogP contribution < -0.4 is 5.32 Å². The zero-order valence-corrected chi connectivity index (χ0v) is 15.6. The minimum Gasteiger partial charge on any atom is -0.478 e. The van der Waals surface area contributed by atoms with Crippen LogP contribution in [0.25, 0.3) is 6.08 Å². The van der Waals surface area contributed by atoms with Crippen LogP contribution in [0.1, 0.15) is 15.9 Å². The van der Waals surface area contributed by atoms with Crippen molar-refractivity contribution in [1.82, 2.24) is 4.90 Å². The van der Waals surface area contributed by atoms with Gasteiger partial charge in [-0.05, 0) is 47.7 Å². The second-order valence-electron chi connectivity index (χ2n) is 5.97. The van der Waals surface area contributed by atoms with Crippen LogP contribution >= 0.6 is 11.8 Å². The molecule has 154 valence electrons. The summed E-state index contributed by atoms with van der Waals surface area (Å²) in [5.74, 6) is -7.70. The summed E-state index contributed by atoms with van der Waals surface area (Å²) in [5, 5.41) is 10.1. The van der Waals surface area contributed by atoms with E-state index in [-0.39, 0.29) is 10.5 Å². The maximum absolute atomic E-state index is 13.6. The number of benzene rings is 2. The third kappa shape index (κ3) is 4.35. The predicted octanol–water partition coefficient (Wildman–Crippen LogP) is 3.48. The van der Waals surface area contributed by atoms with Gasteiger partial charge in [-0.3, -0.25) is 19.3 Å². The number of nitrogens with zero attached hydrogens (tertiary/aromatic N) is 1. The van der Waals surface area contributed by atoms with E-state index in [0.29, 0.717) is 28.3 Å². The minimum atomic E-state index is -1.77. The molecule has 1 heterocycles. The molecule has 1 aliphatic rings. The number of aromatic carboxylic acids is 1. The Morgan fingerprint density at radius 3 is 2.33 bits per heavy atom. The standard InChI is InChI=1S/C19H11F3N2O5S/c20-11-5-6-12(16(22)15(11)21)23-14(25)8-24-17(26)13(30-19(24)29)7-9-1-3-10(4-2-9)18(27)28/h1-7H,8H2,(H,23,25)(H,27,28)/b13-7-. The highest BCUT2D eigenvalue weighted by Gasteiger charge is 2.36. The summed E-state index contributed by atoms with van der Waals surface area (Å²) in [6, 6.07) is 6.95. The number of carbonyl (C=O) groups is 4. The van der Waals surface area contributed by atoms with Crippen LogP contribution in [-0.4, -0.2) is 39.6 Å². The lowest BCUT2D eigenvalue weighted by molar-refractivity contribution is -0.127. The van der Waals surface area contributed by atoms with Gasteiger partial charge in [0, 0.05) is 0 Å². The number of rotatable bonds is 5. The average Bonchev–Trinajstić information content (AvgIpc) is 2.96. The van der Waals surface area contributed by atoms with Crippen LogP contribution in [0, 0.1) is 17.5 Å². The first-order chi connectivity index (χ1) is 14.2. The number of halogens is 3. The first-order valence-corrected chi connectivity index (χ1v) is 9.01. The van der Waals surface area contributed by atoms with Gasteiger partial charge in [-0.25, -0.2) is 18.0 Å². The highest BCUT2D eigenvalue weighted by Crippen LogP contribution is 2.32. The van der Waals surface area contributed by atoms with Crippen molar-refractivity contribution in [1.29, 1.82) is 0 Å². The maximum Gasteiger partial charge on any atom is 0.335 e. The number of amides is 3. The quantitative estimate of drug-likeness (QED) is 0.550. The Kier molecular flexibility index (Phi) is 5.92. The Bertz CT molecular complexity index is 1100. The molecule has 0 aromatic heterocycles. The topological polar surface area (TPSA) is 104 Å². The minimum absolute atomic E-state index is 0.00474. The van der Waals surface area contributed by atoms with E-state index in [1.807, 2.05) is 5.32 Å². The van der Waals surface area contributed by atoms with E-state index in [0.717, 1.165) is 6.07 Å². The van der Waals surface area contributed by atoms with Crippen LogP contribution in [0.3, 0.4) is 0 Å². The molecule has 0 spiro atoms. The summed E-state index contributed by atoms with van der Waals surface area (Å²) < 4.78 is 39.8. The molecule has 2 aromatic rings. The van der Waals surface area contributed by atoms with Gasteiger partial charge >= 0.3 is 5.97 Å². The lowest BCUT2D eigenvalue weighted by Gasteiger charge is -2.13. The molecule has 0 saturated carbocycles. The molecule has 0 unspecified atom stereocenters. The molecule has 3 amide bonds. The van der Waals surface area contributed by atoms with Gasteiger partial charge in [0.05, 0.1) is 16.2 Å². The maximum atomic E-state index is 13.6. The molecule has 7 nitrogen and oxygen atoms in total. The van der Waals surface area contributed by atoms with Crippen molar-refractivity contribution >= 4 is 46.5 Å². The first kappa shape index (κ1) is 21.1. The smallest absolute Gasteiger partial charge is 0.335 e. The average molecular weight is 436 g/mol. The van der Waals surface area contributed by atoms with E-state index < -0.39 is 52.7 Å². The van der Waals surface area contributed by atoms with Crippen molar-refractivity contribution < 1.29 is 37.5 Å². The van der Waals surface area contributed by atoms with Crippen molar-refractivity contribution in [2.45, 2.75) is 0 Å². The molecule has 0 bridgehead atoms. The van der Waals surface area contributed by atoms with Gasteiger partial charge in [-0.15, -0.1) is 0 Å². The van der Waals surface area contributed by atoms with Crippen LogP contribution in [0.15, 0.2) is 41.3 Å². The molecule has 1 fully saturated rings. The third-order valence-corrected chi connectivity index (χ3v) is 4.85. The Morgan fingerprint density at radius 2 is 1.70 bits per heavy atom. The van der Waals surface area contributed by atoms with Gasteiger partial charge in [0.2, 0.25) is 5.91 Å². The van der Waals surface area contributed by atoms with Crippen LogP contribution in [0.4, 0.5) is 23.7 Å². The monoisotopic (exact) mass is 436 g/mol. The van der Waals surface area contributed by atoms with Gasteiger partial charge in [0.1, 0.15) is 6.54 Å². The second-order valence-corrected chi connectivity index (χ2v) is 6.96. The summed E-state index contributed by atoms with van der Waals surface area (Å²) in [6.07, 6.45) is 1.35. The number of anilines is 1. The summed E-state index contributed by atoms with van der Waals surface area (Å²) in [7, 11) is 0. The number of thioether (sulfide) groups is 1. The zero-order valence-electron chi connectivity index (χ0n) is 14.8. The van der Waals surface area contributed by atoms with Gasteiger partial charge in [-0.2, -0.15) is 0 Å². The normalized spacial score (nSPS) is 15.0. The van der Waals surface area contributed by atoms with E-state index in [9.17, 15) is 32.3 Å². The number of carboxylic acids is 1. The van der Waals surface area contributed by atoms with E-state index in [4.69, 9.17) is 5.11 Å². The van der Waals surface area contributed by atoms with Gasteiger partial charge < -0.3 is 10.4 Å². The van der Waals surface area contributed by atoms with Crippen LogP contribution in [0.2, 0.25) is 0 Å². The van der Waals surface area contributed by atoms with E-state index in [2.05, 4.69) is 0 Å². The van der Waals surface area contributed by atoms with Crippen LogP contribution in [-0.2, 0) is 9.59 Å². The Hall–Kier alpha value is -3.60. The molecule has 11 heteroatoms. The zero-order chi connectivity index (χ0) is 22.0. The SMILES string of the molecule is O=C(CN1C(=O)S/C(=C\c2ccc(C(=O)O)cc2)C1=O)Nc1ccc(F)c(F)c1F. The fraction of sp³-hybridized carbons (Fsp3) is 0.0526. The van der Waals surface area contributed by atoms with Gasteiger partial charge in [0.25, 0.3) is 11.1 Å². The van der Waals surface area contributed by atoms with E-state index in [1.54, 1.807) is 0 Å². The predicted molar refractivity (Wildman–Crippen MR) is 101 cm³/mol. The molecule has 2 N–H and O–H groups in total. The van der Waals surface area contributed by atoms with Crippen molar-refractivity contribution in [3.63, 3.8) is 0 Å². The molecule has 3 rings (SSSR count). The molecule has 1 aliphatic heterocycles. The lowest BCUT2D eigenvalue weighted by Crippen LogP contribution is -2.36. The molecule has 0 aliphatic carbocycles. The molecular weight excluding hydrogens is 425 g/mol. The number of hydrogen-bond donors (Lipinski definition) is 2. The fourth-order valence-corrected chi connectivity index (χ4v) is 3.30. The van der Waals surface area contributed by atoms with Crippen molar-refractivity contribution in [3.8, 4) is 0 Å². The largest absolute Gasteiger partial charge is 0.478 e. The van der Waals surface area contributed by atoms with E-state index >= 15 is 0 Å². The van der Waals surface area contributed by atoms with Crippen molar-refractivity contribution in [2.24, 2.45) is 0 Å². The first-order valence-electron chi connectivity index (χ1n) is 8.19. The Labute approximate surface area is 171 Å². The van der Waals surface area contributed by atoms with E-state index in [1.165, 1.54) is 30.3 Å². The molecule has 0 radical (unpaired) electrons. The molecule has 30 heavy (non-hydrogen) atoms. The third-order valence-electron chi connectivity index (χ3n) is 3.94. The Morgan fingerprint density at radius 1 is 1.03 bits per heavy atom.